The standard InChI is InChI=1S/C20H22N2O3/c23-18-8-6-15(7-9-18)14-19(24)22-12-10-17(11-13-22)21-20(25)16-4-2-1-3-5-16/h1-9,17,23H,10-14H2,(H,21,25). The summed E-state index contributed by atoms with van der Waals surface area (Å²) < 4.78 is 0. The van der Waals surface area contributed by atoms with E-state index < -0.39 is 0 Å². The predicted molar refractivity (Wildman–Crippen MR) is 95.3 cm³/mol. The van der Waals surface area contributed by atoms with E-state index in [1.807, 2.05) is 23.1 Å². The number of carbonyl (C=O) groups excluding carboxylic acids is 2. The summed E-state index contributed by atoms with van der Waals surface area (Å²) in [5, 5.41) is 12.3. The molecule has 5 nitrogen and oxygen atoms in total. The Morgan fingerprint density at radius 1 is 1.00 bits per heavy atom. The molecule has 0 radical (unpaired) electrons. The van der Waals surface area contributed by atoms with Crippen LogP contribution in [0.15, 0.2) is 54.6 Å². The first kappa shape index (κ1) is 17.0. The predicted octanol–water partition coefficient (Wildman–Crippen LogP) is 2.36. The van der Waals surface area contributed by atoms with Crippen molar-refractivity contribution >= 4 is 11.8 Å². The molecule has 2 aromatic carbocycles. The van der Waals surface area contributed by atoms with Gasteiger partial charge in [0.1, 0.15) is 5.75 Å². The fraction of sp³-hybridized carbons (Fsp3) is 0.300. The Balaban J connectivity index is 1.47. The van der Waals surface area contributed by atoms with Gasteiger partial charge in [-0.25, -0.2) is 0 Å². The molecule has 2 aromatic rings. The summed E-state index contributed by atoms with van der Waals surface area (Å²) in [4.78, 5) is 26.4. The van der Waals surface area contributed by atoms with Crippen molar-refractivity contribution < 1.29 is 14.7 Å². The van der Waals surface area contributed by atoms with Crippen LogP contribution < -0.4 is 5.32 Å². The first-order valence-electron chi connectivity index (χ1n) is 8.53. The van der Waals surface area contributed by atoms with Gasteiger partial charge in [0, 0.05) is 24.7 Å². The van der Waals surface area contributed by atoms with Gasteiger partial charge in [-0.15, -0.1) is 0 Å². The van der Waals surface area contributed by atoms with Crippen LogP contribution in [0.2, 0.25) is 0 Å². The van der Waals surface area contributed by atoms with Crippen LogP contribution in [-0.2, 0) is 11.2 Å². The first-order chi connectivity index (χ1) is 12.1. The highest BCUT2D eigenvalue weighted by Crippen LogP contribution is 2.15. The van der Waals surface area contributed by atoms with Crippen molar-refractivity contribution in [3.8, 4) is 5.75 Å². The minimum Gasteiger partial charge on any atom is -0.508 e. The van der Waals surface area contributed by atoms with Crippen LogP contribution in [0.3, 0.4) is 0 Å². The number of hydrogen-bond donors (Lipinski definition) is 2. The number of piperidine rings is 1. The number of benzene rings is 2. The SMILES string of the molecule is O=C(NC1CCN(C(=O)Cc2ccc(O)cc2)CC1)c1ccccc1. The molecule has 1 heterocycles. The molecular formula is C20H22N2O3. The monoisotopic (exact) mass is 338 g/mol. The summed E-state index contributed by atoms with van der Waals surface area (Å²) in [7, 11) is 0. The minimum atomic E-state index is -0.0607. The van der Waals surface area contributed by atoms with Crippen molar-refractivity contribution in [2.75, 3.05) is 13.1 Å². The van der Waals surface area contributed by atoms with E-state index in [4.69, 9.17) is 0 Å². The molecule has 1 aliphatic rings. The summed E-state index contributed by atoms with van der Waals surface area (Å²) in [6, 6.07) is 16.0. The molecule has 2 N–H and O–H groups in total. The third-order valence-electron chi connectivity index (χ3n) is 4.51. The quantitative estimate of drug-likeness (QED) is 0.899. The summed E-state index contributed by atoms with van der Waals surface area (Å²) >= 11 is 0. The van der Waals surface area contributed by atoms with E-state index in [1.54, 1.807) is 36.4 Å². The number of rotatable bonds is 4. The number of amides is 2. The molecule has 130 valence electrons. The number of carbonyl (C=O) groups is 2. The van der Waals surface area contributed by atoms with Gasteiger partial charge in [0.15, 0.2) is 0 Å². The lowest BCUT2D eigenvalue weighted by Crippen LogP contribution is -2.46. The zero-order chi connectivity index (χ0) is 17.6. The van der Waals surface area contributed by atoms with Crippen LogP contribution in [0.5, 0.6) is 5.75 Å². The van der Waals surface area contributed by atoms with Crippen molar-refractivity contribution in [2.45, 2.75) is 25.3 Å². The molecule has 5 heteroatoms. The molecule has 0 saturated carbocycles. The molecule has 25 heavy (non-hydrogen) atoms. The number of phenols is 1. The Morgan fingerprint density at radius 3 is 2.28 bits per heavy atom. The molecule has 1 saturated heterocycles. The van der Waals surface area contributed by atoms with Crippen LogP contribution in [0.4, 0.5) is 0 Å². The average Bonchev–Trinajstić information content (AvgIpc) is 2.65. The highest BCUT2D eigenvalue weighted by atomic mass is 16.3. The summed E-state index contributed by atoms with van der Waals surface area (Å²) in [5.74, 6) is 0.221. The van der Waals surface area contributed by atoms with Crippen molar-refractivity contribution in [3.63, 3.8) is 0 Å². The van der Waals surface area contributed by atoms with Gasteiger partial charge in [-0.05, 0) is 42.7 Å². The first-order valence-corrected chi connectivity index (χ1v) is 8.53. The Morgan fingerprint density at radius 2 is 1.64 bits per heavy atom. The molecule has 0 bridgehead atoms. The van der Waals surface area contributed by atoms with Crippen LogP contribution >= 0.6 is 0 Å². The molecule has 3 rings (SSSR count). The van der Waals surface area contributed by atoms with E-state index in [-0.39, 0.29) is 23.6 Å². The molecule has 2 amide bonds. The fourth-order valence-electron chi connectivity index (χ4n) is 3.03. The van der Waals surface area contributed by atoms with Crippen LogP contribution in [0.25, 0.3) is 0 Å². The molecule has 0 aliphatic carbocycles. The van der Waals surface area contributed by atoms with Gasteiger partial charge in [-0.3, -0.25) is 9.59 Å². The Kier molecular flexibility index (Phi) is 5.33. The van der Waals surface area contributed by atoms with Gasteiger partial charge in [0.05, 0.1) is 6.42 Å². The topological polar surface area (TPSA) is 69.6 Å². The zero-order valence-electron chi connectivity index (χ0n) is 14.0. The van der Waals surface area contributed by atoms with E-state index in [9.17, 15) is 14.7 Å². The highest BCUT2D eigenvalue weighted by molar-refractivity contribution is 5.94. The minimum absolute atomic E-state index is 0.0607. The lowest BCUT2D eigenvalue weighted by molar-refractivity contribution is -0.131. The molecular weight excluding hydrogens is 316 g/mol. The second kappa shape index (κ2) is 7.83. The number of likely N-dealkylation sites (tertiary alicyclic amines) is 1. The summed E-state index contributed by atoms with van der Waals surface area (Å²) in [5.41, 5.74) is 1.55. The largest absolute Gasteiger partial charge is 0.508 e. The van der Waals surface area contributed by atoms with Gasteiger partial charge in [-0.1, -0.05) is 30.3 Å². The molecule has 1 aliphatic heterocycles. The fourth-order valence-corrected chi connectivity index (χ4v) is 3.03. The number of hydrogen-bond acceptors (Lipinski definition) is 3. The van der Waals surface area contributed by atoms with Gasteiger partial charge in [0.2, 0.25) is 5.91 Å². The summed E-state index contributed by atoms with van der Waals surface area (Å²) in [6.45, 7) is 1.30. The van der Waals surface area contributed by atoms with E-state index in [0.29, 0.717) is 25.1 Å². The van der Waals surface area contributed by atoms with Crippen molar-refractivity contribution in [1.29, 1.82) is 0 Å². The Bertz CT molecular complexity index is 720. The number of aromatic hydroxyl groups is 1. The van der Waals surface area contributed by atoms with E-state index >= 15 is 0 Å². The van der Waals surface area contributed by atoms with Gasteiger partial charge < -0.3 is 15.3 Å². The van der Waals surface area contributed by atoms with Crippen molar-refractivity contribution in [2.24, 2.45) is 0 Å². The second-order valence-corrected chi connectivity index (χ2v) is 6.34. The molecule has 0 atom stereocenters. The molecule has 1 fully saturated rings. The maximum Gasteiger partial charge on any atom is 0.251 e. The second-order valence-electron chi connectivity index (χ2n) is 6.34. The number of phenolic OH excluding ortho intramolecular Hbond substituents is 1. The maximum absolute atomic E-state index is 12.4. The Hall–Kier alpha value is -2.82. The van der Waals surface area contributed by atoms with E-state index in [2.05, 4.69) is 5.32 Å². The summed E-state index contributed by atoms with van der Waals surface area (Å²) in [6.07, 6.45) is 1.86. The third-order valence-corrected chi connectivity index (χ3v) is 4.51. The van der Waals surface area contributed by atoms with Crippen LogP contribution in [-0.4, -0.2) is 41.0 Å². The van der Waals surface area contributed by atoms with E-state index in [1.165, 1.54) is 0 Å². The van der Waals surface area contributed by atoms with Gasteiger partial charge in [0.25, 0.3) is 5.91 Å². The van der Waals surface area contributed by atoms with Gasteiger partial charge in [-0.2, -0.15) is 0 Å². The third kappa shape index (κ3) is 4.59. The normalized spacial score (nSPS) is 15.0. The highest BCUT2D eigenvalue weighted by Gasteiger charge is 2.24. The van der Waals surface area contributed by atoms with Crippen molar-refractivity contribution in [1.82, 2.24) is 10.2 Å². The molecule has 0 spiro atoms. The number of nitrogens with one attached hydrogen (secondary N) is 1. The lowest BCUT2D eigenvalue weighted by Gasteiger charge is -2.32. The Labute approximate surface area is 147 Å². The molecule has 0 aromatic heterocycles. The number of nitrogens with zero attached hydrogens (tertiary/aromatic N) is 1. The van der Waals surface area contributed by atoms with Gasteiger partial charge >= 0.3 is 0 Å². The van der Waals surface area contributed by atoms with Crippen LogP contribution in [0.1, 0.15) is 28.8 Å². The lowest BCUT2D eigenvalue weighted by atomic mass is 10.0. The zero-order valence-corrected chi connectivity index (χ0v) is 14.0. The maximum atomic E-state index is 12.4. The smallest absolute Gasteiger partial charge is 0.251 e. The average molecular weight is 338 g/mol. The van der Waals surface area contributed by atoms with E-state index in [0.717, 1.165) is 18.4 Å². The van der Waals surface area contributed by atoms with Crippen molar-refractivity contribution in [3.05, 3.63) is 65.7 Å². The van der Waals surface area contributed by atoms with Crippen LogP contribution in [0, 0.1) is 0 Å². The molecule has 0 unspecified atom stereocenters.